The van der Waals surface area contributed by atoms with Crippen molar-refractivity contribution in [1.82, 2.24) is 20.1 Å². The van der Waals surface area contributed by atoms with E-state index in [0.717, 1.165) is 25.7 Å². The van der Waals surface area contributed by atoms with Crippen LogP contribution in [0.5, 0.6) is 0 Å². The minimum Gasteiger partial charge on any atom is -0.368 e. The van der Waals surface area contributed by atoms with E-state index in [9.17, 15) is 9.59 Å². The summed E-state index contributed by atoms with van der Waals surface area (Å²) in [5.74, 6) is 0.0478. The smallest absolute Gasteiger partial charge is 0.243 e. The van der Waals surface area contributed by atoms with Crippen LogP contribution in [0.2, 0.25) is 0 Å². The highest BCUT2D eigenvalue weighted by atomic mass is 32.2. The number of nitrogens with two attached hydrogens (primary N) is 1. The molecule has 1 aliphatic heterocycles. The molecule has 1 saturated heterocycles. The molecule has 0 spiro atoms. The van der Waals surface area contributed by atoms with Crippen LogP contribution in [0.3, 0.4) is 0 Å². The Kier molecular flexibility index (Phi) is 3.64. The summed E-state index contributed by atoms with van der Waals surface area (Å²) in [6.45, 7) is 0. The summed E-state index contributed by atoms with van der Waals surface area (Å²) in [6, 6.07) is 0.0894. The molecule has 2 heterocycles. The monoisotopic (exact) mass is 295 g/mol. The number of likely N-dealkylation sites (tertiary alicyclic amines) is 1. The lowest BCUT2D eigenvalue weighted by Crippen LogP contribution is -2.41. The number of carbonyl (C=O) groups is 2. The lowest BCUT2D eigenvalue weighted by atomic mass is 9.94. The Labute approximate surface area is 120 Å². The highest BCUT2D eigenvalue weighted by molar-refractivity contribution is 8.00. The lowest BCUT2D eigenvalue weighted by Gasteiger charge is -2.29. The van der Waals surface area contributed by atoms with E-state index in [2.05, 4.69) is 15.2 Å². The Bertz CT molecular complexity index is 526. The minimum atomic E-state index is -0.417. The van der Waals surface area contributed by atoms with Crippen LogP contribution in [0.1, 0.15) is 38.5 Å². The number of aromatic nitrogens is 3. The van der Waals surface area contributed by atoms with Gasteiger partial charge in [0.05, 0.1) is 0 Å². The molecule has 0 radical (unpaired) electrons. The van der Waals surface area contributed by atoms with Crippen LogP contribution >= 0.6 is 11.8 Å². The van der Waals surface area contributed by atoms with E-state index < -0.39 is 5.25 Å². The number of hydrogen-bond acceptors (Lipinski definition) is 6. The second-order valence-corrected chi connectivity index (χ2v) is 6.38. The van der Waals surface area contributed by atoms with Gasteiger partial charge in [0.1, 0.15) is 5.25 Å². The SMILES string of the molecule is Nc1nc(SC2CC(=O)N(C3CCCCC3)C2=O)n[nH]1. The molecule has 1 aromatic rings. The average Bonchev–Trinajstić information content (AvgIpc) is 2.96. The van der Waals surface area contributed by atoms with Crippen LogP contribution in [-0.4, -0.2) is 43.2 Å². The molecule has 20 heavy (non-hydrogen) atoms. The van der Waals surface area contributed by atoms with Crippen molar-refractivity contribution in [1.29, 1.82) is 0 Å². The van der Waals surface area contributed by atoms with Gasteiger partial charge in [0.2, 0.25) is 22.9 Å². The van der Waals surface area contributed by atoms with E-state index in [0.29, 0.717) is 5.16 Å². The van der Waals surface area contributed by atoms with Crippen molar-refractivity contribution in [3.8, 4) is 0 Å². The third-order valence-corrected chi connectivity index (χ3v) is 4.86. The van der Waals surface area contributed by atoms with E-state index in [1.807, 2.05) is 0 Å². The first-order chi connectivity index (χ1) is 9.65. The third kappa shape index (κ3) is 2.52. The van der Waals surface area contributed by atoms with E-state index >= 15 is 0 Å². The number of thioether (sulfide) groups is 1. The number of carbonyl (C=O) groups excluding carboxylic acids is 2. The van der Waals surface area contributed by atoms with Gasteiger partial charge in [0, 0.05) is 12.5 Å². The van der Waals surface area contributed by atoms with Crippen LogP contribution in [-0.2, 0) is 9.59 Å². The summed E-state index contributed by atoms with van der Waals surface area (Å²) in [4.78, 5) is 30.0. The Morgan fingerprint density at radius 1 is 1.25 bits per heavy atom. The molecule has 1 saturated carbocycles. The zero-order valence-corrected chi connectivity index (χ0v) is 11.9. The first kappa shape index (κ1) is 13.4. The Hall–Kier alpha value is -1.57. The third-order valence-electron chi connectivity index (χ3n) is 3.81. The molecule has 1 aliphatic carbocycles. The number of nitrogen functional groups attached to an aromatic ring is 1. The van der Waals surface area contributed by atoms with Crippen molar-refractivity contribution in [3.05, 3.63) is 0 Å². The van der Waals surface area contributed by atoms with Gasteiger partial charge in [-0.15, -0.1) is 5.10 Å². The maximum Gasteiger partial charge on any atom is 0.243 e. The lowest BCUT2D eigenvalue weighted by molar-refractivity contribution is -0.141. The highest BCUT2D eigenvalue weighted by Gasteiger charge is 2.43. The molecule has 1 aromatic heterocycles. The molecule has 2 aliphatic rings. The number of nitrogens with zero attached hydrogens (tertiary/aromatic N) is 3. The molecule has 3 N–H and O–H groups in total. The van der Waals surface area contributed by atoms with Crippen molar-refractivity contribution in [2.24, 2.45) is 0 Å². The van der Waals surface area contributed by atoms with Crippen LogP contribution in [0.4, 0.5) is 5.95 Å². The van der Waals surface area contributed by atoms with Gasteiger partial charge in [-0.2, -0.15) is 4.98 Å². The van der Waals surface area contributed by atoms with Crippen LogP contribution in [0, 0.1) is 0 Å². The Morgan fingerprint density at radius 2 is 2.00 bits per heavy atom. The fourth-order valence-corrected chi connectivity index (χ4v) is 3.82. The van der Waals surface area contributed by atoms with Crippen molar-refractivity contribution in [3.63, 3.8) is 0 Å². The standard InChI is InChI=1S/C12H17N5O2S/c13-11-14-12(16-15-11)20-8-6-9(18)17(10(8)19)7-4-2-1-3-5-7/h7-8H,1-6H2,(H3,13,14,15,16). The van der Waals surface area contributed by atoms with Gasteiger partial charge in [-0.25, -0.2) is 5.10 Å². The van der Waals surface area contributed by atoms with Gasteiger partial charge >= 0.3 is 0 Å². The molecule has 3 rings (SSSR count). The molecular weight excluding hydrogens is 278 g/mol. The molecule has 7 nitrogen and oxygen atoms in total. The minimum absolute atomic E-state index is 0.0668. The zero-order valence-electron chi connectivity index (χ0n) is 11.0. The van der Waals surface area contributed by atoms with Crippen molar-refractivity contribution < 1.29 is 9.59 Å². The van der Waals surface area contributed by atoms with Gasteiger partial charge < -0.3 is 5.73 Å². The summed E-state index contributed by atoms with van der Waals surface area (Å²) in [5, 5.41) is 6.42. The van der Waals surface area contributed by atoms with Gasteiger partial charge in [-0.1, -0.05) is 31.0 Å². The number of H-pyrrole nitrogens is 1. The Morgan fingerprint density at radius 3 is 2.65 bits per heavy atom. The van der Waals surface area contributed by atoms with Gasteiger partial charge in [-0.3, -0.25) is 14.5 Å². The van der Waals surface area contributed by atoms with Gasteiger partial charge in [0.15, 0.2) is 0 Å². The fraction of sp³-hybridized carbons (Fsp3) is 0.667. The molecule has 8 heteroatoms. The van der Waals surface area contributed by atoms with E-state index in [1.165, 1.54) is 23.1 Å². The number of anilines is 1. The molecular formula is C12H17N5O2S. The number of rotatable bonds is 3. The second kappa shape index (κ2) is 5.43. The summed E-state index contributed by atoms with van der Waals surface area (Å²) < 4.78 is 0. The number of imide groups is 1. The summed E-state index contributed by atoms with van der Waals surface area (Å²) in [6.07, 6.45) is 5.48. The first-order valence-electron chi connectivity index (χ1n) is 6.85. The number of hydrogen-bond donors (Lipinski definition) is 2. The summed E-state index contributed by atoms with van der Waals surface area (Å²) >= 11 is 1.21. The quantitative estimate of drug-likeness (QED) is 0.804. The van der Waals surface area contributed by atoms with Crippen molar-refractivity contribution in [2.45, 2.75) is 55.0 Å². The van der Waals surface area contributed by atoms with Gasteiger partial charge in [-0.05, 0) is 12.8 Å². The maximum atomic E-state index is 12.4. The van der Waals surface area contributed by atoms with Crippen LogP contribution in [0.15, 0.2) is 5.16 Å². The normalized spacial score (nSPS) is 24.6. The predicted octanol–water partition coefficient (Wildman–Crippen LogP) is 0.939. The van der Waals surface area contributed by atoms with Crippen LogP contribution < -0.4 is 5.73 Å². The summed E-state index contributed by atoms with van der Waals surface area (Å²) in [7, 11) is 0. The average molecular weight is 295 g/mol. The first-order valence-corrected chi connectivity index (χ1v) is 7.73. The van der Waals surface area contributed by atoms with Crippen molar-refractivity contribution in [2.75, 3.05) is 5.73 Å². The molecule has 1 atom stereocenters. The largest absolute Gasteiger partial charge is 0.368 e. The maximum absolute atomic E-state index is 12.4. The molecule has 2 amide bonds. The zero-order chi connectivity index (χ0) is 14.1. The molecule has 1 unspecified atom stereocenters. The van der Waals surface area contributed by atoms with E-state index in [4.69, 9.17) is 5.73 Å². The predicted molar refractivity (Wildman–Crippen MR) is 73.8 cm³/mol. The molecule has 2 fully saturated rings. The van der Waals surface area contributed by atoms with Gasteiger partial charge in [0.25, 0.3) is 0 Å². The second-order valence-electron chi connectivity index (χ2n) is 5.21. The Balaban J connectivity index is 1.69. The van der Waals surface area contributed by atoms with Crippen molar-refractivity contribution >= 4 is 29.5 Å². The highest BCUT2D eigenvalue weighted by Crippen LogP contribution is 2.33. The van der Waals surface area contributed by atoms with Crippen LogP contribution in [0.25, 0.3) is 0 Å². The summed E-state index contributed by atoms with van der Waals surface area (Å²) in [5.41, 5.74) is 5.45. The molecule has 0 aromatic carbocycles. The van der Waals surface area contributed by atoms with E-state index in [-0.39, 0.29) is 30.2 Å². The molecule has 0 bridgehead atoms. The van der Waals surface area contributed by atoms with E-state index in [1.54, 1.807) is 0 Å². The molecule has 108 valence electrons. The topological polar surface area (TPSA) is 105 Å². The fourth-order valence-electron chi connectivity index (χ4n) is 2.88. The number of nitrogens with one attached hydrogen (secondary N) is 1. The number of aromatic amines is 1. The number of amides is 2.